The lowest BCUT2D eigenvalue weighted by molar-refractivity contribution is 0.328. The van der Waals surface area contributed by atoms with Crippen LogP contribution in [-0.2, 0) is 6.54 Å². The molecule has 0 saturated heterocycles. The van der Waals surface area contributed by atoms with Crippen molar-refractivity contribution >= 4 is 0 Å². The Bertz CT molecular complexity index is 815. The van der Waals surface area contributed by atoms with Crippen molar-refractivity contribution in [2.24, 2.45) is 0 Å². The van der Waals surface area contributed by atoms with Gasteiger partial charge in [-0.15, -0.1) is 0 Å². The molecule has 2 aromatic carbocycles. The summed E-state index contributed by atoms with van der Waals surface area (Å²) >= 11 is 0. The molecule has 0 amide bonds. The summed E-state index contributed by atoms with van der Waals surface area (Å²) in [4.78, 5) is 11.0. The minimum Gasteiger partial charge on any atom is -0.302 e. The highest BCUT2D eigenvalue weighted by Crippen LogP contribution is 2.35. The number of hydrogen-bond acceptors (Lipinski definition) is 3. The molecule has 0 spiro atoms. The van der Waals surface area contributed by atoms with Crippen molar-refractivity contribution < 1.29 is 0 Å². The Hall–Kier alpha value is -2.52. The van der Waals surface area contributed by atoms with Crippen molar-refractivity contribution in [3.05, 3.63) is 83.8 Å². The fourth-order valence-corrected chi connectivity index (χ4v) is 3.60. The fraction of sp³-hybridized carbons (Fsp3) is 0.238. The minimum atomic E-state index is 0.460. The average molecular weight is 315 g/mol. The first-order valence-electron chi connectivity index (χ1n) is 8.44. The third kappa shape index (κ3) is 2.95. The second-order valence-electron chi connectivity index (χ2n) is 6.49. The van der Waals surface area contributed by atoms with Gasteiger partial charge in [-0.25, -0.2) is 0 Å². The zero-order chi connectivity index (χ0) is 16.4. The molecule has 0 N–H and O–H groups in total. The Labute approximate surface area is 143 Å². The van der Waals surface area contributed by atoms with E-state index in [9.17, 15) is 0 Å². The molecule has 3 aromatic rings. The van der Waals surface area contributed by atoms with E-state index in [1.54, 1.807) is 12.4 Å². The van der Waals surface area contributed by atoms with Crippen molar-refractivity contribution in [3.8, 4) is 11.3 Å². The summed E-state index contributed by atoms with van der Waals surface area (Å²) in [5, 5.41) is 0. The van der Waals surface area contributed by atoms with Crippen LogP contribution in [0.25, 0.3) is 11.3 Å². The maximum absolute atomic E-state index is 4.44. The molecule has 2 heterocycles. The smallest absolute Gasteiger partial charge is 0.0885 e. The van der Waals surface area contributed by atoms with Crippen molar-refractivity contribution in [2.75, 3.05) is 13.6 Å². The SMILES string of the molecule is CN1CCC(c2ccccc2)c2ccc(-c3cnccn3)cc2C1. The monoisotopic (exact) mass is 315 g/mol. The largest absolute Gasteiger partial charge is 0.302 e. The summed E-state index contributed by atoms with van der Waals surface area (Å²) in [5.41, 5.74) is 6.32. The Morgan fingerprint density at radius 1 is 1.04 bits per heavy atom. The Balaban J connectivity index is 1.79. The lowest BCUT2D eigenvalue weighted by Crippen LogP contribution is -2.17. The zero-order valence-electron chi connectivity index (χ0n) is 13.9. The second kappa shape index (κ2) is 6.54. The van der Waals surface area contributed by atoms with Gasteiger partial charge in [-0.2, -0.15) is 0 Å². The van der Waals surface area contributed by atoms with Crippen LogP contribution in [-0.4, -0.2) is 28.5 Å². The quantitative estimate of drug-likeness (QED) is 0.712. The average Bonchev–Trinajstić information content (AvgIpc) is 2.80. The lowest BCUT2D eigenvalue weighted by atomic mass is 9.86. The number of aromatic nitrogens is 2. The molecule has 4 rings (SSSR count). The van der Waals surface area contributed by atoms with Crippen LogP contribution in [0.3, 0.4) is 0 Å². The Kier molecular flexibility index (Phi) is 4.09. The van der Waals surface area contributed by atoms with E-state index in [1.165, 1.54) is 16.7 Å². The molecule has 0 aliphatic carbocycles. The summed E-state index contributed by atoms with van der Waals surface area (Å²) in [5.74, 6) is 0.460. The summed E-state index contributed by atoms with van der Waals surface area (Å²) < 4.78 is 0. The van der Waals surface area contributed by atoms with Gasteiger partial charge in [0, 0.05) is 30.4 Å². The summed E-state index contributed by atoms with van der Waals surface area (Å²) in [7, 11) is 2.20. The summed E-state index contributed by atoms with van der Waals surface area (Å²) in [6.07, 6.45) is 6.45. The van der Waals surface area contributed by atoms with Crippen LogP contribution in [0.5, 0.6) is 0 Å². The highest BCUT2D eigenvalue weighted by atomic mass is 15.1. The molecule has 120 valence electrons. The van der Waals surface area contributed by atoms with Crippen molar-refractivity contribution in [1.82, 2.24) is 14.9 Å². The Morgan fingerprint density at radius 2 is 1.92 bits per heavy atom. The van der Waals surface area contributed by atoms with Crippen molar-refractivity contribution in [2.45, 2.75) is 18.9 Å². The van der Waals surface area contributed by atoms with Crippen LogP contribution >= 0.6 is 0 Å². The molecule has 0 fully saturated rings. The zero-order valence-corrected chi connectivity index (χ0v) is 13.9. The predicted octanol–water partition coefficient (Wildman–Crippen LogP) is 4.11. The molecule has 0 saturated carbocycles. The van der Waals surface area contributed by atoms with E-state index in [0.29, 0.717) is 5.92 Å². The molecule has 1 aliphatic heterocycles. The standard InChI is InChI=1S/C21H21N3/c1-24-12-9-20(16-5-3-2-4-6-16)19-8-7-17(13-18(19)15-24)21-14-22-10-11-23-21/h2-8,10-11,13-14,20H,9,12,15H2,1H3. The molecule has 1 aliphatic rings. The number of rotatable bonds is 2. The maximum Gasteiger partial charge on any atom is 0.0885 e. The van der Waals surface area contributed by atoms with Gasteiger partial charge in [-0.1, -0.05) is 42.5 Å². The molecule has 3 nitrogen and oxygen atoms in total. The number of fused-ring (bicyclic) bond motifs is 1. The molecule has 1 atom stereocenters. The molecule has 0 bridgehead atoms. The van der Waals surface area contributed by atoms with Crippen LogP contribution in [0.2, 0.25) is 0 Å². The maximum atomic E-state index is 4.44. The van der Waals surface area contributed by atoms with Gasteiger partial charge in [0.25, 0.3) is 0 Å². The molecule has 1 aromatic heterocycles. The van der Waals surface area contributed by atoms with Gasteiger partial charge in [0.05, 0.1) is 11.9 Å². The molecule has 0 radical (unpaired) electrons. The Morgan fingerprint density at radius 3 is 2.71 bits per heavy atom. The van der Waals surface area contributed by atoms with Crippen molar-refractivity contribution in [1.29, 1.82) is 0 Å². The van der Waals surface area contributed by atoms with Gasteiger partial charge in [-0.3, -0.25) is 9.97 Å². The first-order valence-corrected chi connectivity index (χ1v) is 8.44. The van der Waals surface area contributed by atoms with Gasteiger partial charge in [0.2, 0.25) is 0 Å². The fourth-order valence-electron chi connectivity index (χ4n) is 3.60. The van der Waals surface area contributed by atoms with Crippen LogP contribution in [0, 0.1) is 0 Å². The molecule has 24 heavy (non-hydrogen) atoms. The molecular formula is C21H21N3. The minimum absolute atomic E-state index is 0.460. The van der Waals surface area contributed by atoms with E-state index in [1.807, 2.05) is 6.20 Å². The first kappa shape index (κ1) is 15.0. The van der Waals surface area contributed by atoms with E-state index >= 15 is 0 Å². The molecule has 1 unspecified atom stereocenters. The van der Waals surface area contributed by atoms with Gasteiger partial charge < -0.3 is 4.90 Å². The van der Waals surface area contributed by atoms with E-state index in [2.05, 4.69) is 70.4 Å². The molecule has 3 heteroatoms. The highest BCUT2D eigenvalue weighted by molar-refractivity contribution is 5.61. The van der Waals surface area contributed by atoms with E-state index in [4.69, 9.17) is 0 Å². The number of hydrogen-bond donors (Lipinski definition) is 0. The highest BCUT2D eigenvalue weighted by Gasteiger charge is 2.22. The van der Waals surface area contributed by atoms with Crippen LogP contribution in [0.1, 0.15) is 29.0 Å². The third-order valence-corrected chi connectivity index (χ3v) is 4.82. The number of benzene rings is 2. The van der Waals surface area contributed by atoms with E-state index < -0.39 is 0 Å². The summed E-state index contributed by atoms with van der Waals surface area (Å²) in [6, 6.07) is 17.6. The second-order valence-corrected chi connectivity index (χ2v) is 6.49. The van der Waals surface area contributed by atoms with Gasteiger partial charge >= 0.3 is 0 Å². The first-order chi connectivity index (χ1) is 11.8. The normalized spacial score (nSPS) is 18.0. The third-order valence-electron chi connectivity index (χ3n) is 4.82. The van der Waals surface area contributed by atoms with Gasteiger partial charge in [-0.05, 0) is 42.8 Å². The van der Waals surface area contributed by atoms with Crippen LogP contribution in [0.4, 0.5) is 0 Å². The van der Waals surface area contributed by atoms with Crippen LogP contribution in [0.15, 0.2) is 67.1 Å². The van der Waals surface area contributed by atoms with Crippen LogP contribution < -0.4 is 0 Å². The predicted molar refractivity (Wildman–Crippen MR) is 96.7 cm³/mol. The lowest BCUT2D eigenvalue weighted by Gasteiger charge is -2.18. The van der Waals surface area contributed by atoms with Gasteiger partial charge in [0.15, 0.2) is 0 Å². The van der Waals surface area contributed by atoms with E-state index in [0.717, 1.165) is 30.8 Å². The van der Waals surface area contributed by atoms with E-state index in [-0.39, 0.29) is 0 Å². The number of nitrogens with zero attached hydrogens (tertiary/aromatic N) is 3. The van der Waals surface area contributed by atoms with Crippen molar-refractivity contribution in [3.63, 3.8) is 0 Å². The molecular weight excluding hydrogens is 294 g/mol. The van der Waals surface area contributed by atoms with Gasteiger partial charge in [0.1, 0.15) is 0 Å². The topological polar surface area (TPSA) is 29.0 Å². The summed E-state index contributed by atoms with van der Waals surface area (Å²) in [6.45, 7) is 2.08.